The van der Waals surface area contributed by atoms with Crippen LogP contribution < -0.4 is 10.2 Å². The summed E-state index contributed by atoms with van der Waals surface area (Å²) in [5.41, 5.74) is -0.376. The van der Waals surface area contributed by atoms with Crippen molar-refractivity contribution in [2.45, 2.75) is 43.4 Å². The monoisotopic (exact) mass is 338 g/mol. The molecule has 1 saturated heterocycles. The fraction of sp³-hybridized carbons (Fsp3) is 0.688. The molecule has 1 aromatic heterocycles. The van der Waals surface area contributed by atoms with Crippen molar-refractivity contribution in [3.8, 4) is 0 Å². The van der Waals surface area contributed by atoms with E-state index in [1.165, 1.54) is 11.8 Å². The number of aryl methyl sites for hydroxylation is 1. The predicted octanol–water partition coefficient (Wildman–Crippen LogP) is 2.34. The molecule has 0 radical (unpaired) electrons. The minimum Gasteiger partial charge on any atom is -0.356 e. The Morgan fingerprint density at radius 2 is 2.13 bits per heavy atom. The maximum atomic E-state index is 14.9. The summed E-state index contributed by atoms with van der Waals surface area (Å²) >= 11 is 1.51. The van der Waals surface area contributed by atoms with Gasteiger partial charge in [0.2, 0.25) is 5.91 Å². The minimum atomic E-state index is -1.30. The second-order valence-corrected chi connectivity index (χ2v) is 7.26. The Bertz CT molecular complexity index is 585. The average Bonchev–Trinajstić information content (AvgIpc) is 3.37. The topological polar surface area (TPSA) is 58.1 Å². The third-order valence-electron chi connectivity index (χ3n) is 4.51. The van der Waals surface area contributed by atoms with Crippen molar-refractivity contribution >= 4 is 23.5 Å². The lowest BCUT2D eigenvalue weighted by atomic mass is 9.93. The van der Waals surface area contributed by atoms with E-state index in [4.69, 9.17) is 0 Å². The quantitative estimate of drug-likeness (QED) is 0.660. The van der Waals surface area contributed by atoms with Gasteiger partial charge in [0.25, 0.3) is 0 Å². The van der Waals surface area contributed by atoms with E-state index < -0.39 is 5.67 Å². The molecule has 2 fully saturated rings. The Labute approximate surface area is 140 Å². The molecule has 1 amide bonds. The first-order valence-corrected chi connectivity index (χ1v) is 9.33. The highest BCUT2D eigenvalue weighted by molar-refractivity contribution is 7.98. The van der Waals surface area contributed by atoms with Gasteiger partial charge in [-0.2, -0.15) is 0 Å². The van der Waals surface area contributed by atoms with E-state index in [0.29, 0.717) is 25.9 Å². The number of carbonyl (C=O) groups excluding carboxylic acids is 1. The summed E-state index contributed by atoms with van der Waals surface area (Å²) in [5.74, 6) is 1.01. The third-order valence-corrected chi connectivity index (χ3v) is 5.06. The molecule has 0 spiro atoms. The molecule has 0 atom stereocenters. The van der Waals surface area contributed by atoms with Crippen molar-refractivity contribution in [1.82, 2.24) is 15.3 Å². The SMILES string of the molecule is CSc1nc(C)cc(N2CCC(F)(CNC(=O)C3CC3)CC2)n1. The smallest absolute Gasteiger partial charge is 0.223 e. The number of nitrogens with zero attached hydrogens (tertiary/aromatic N) is 3. The zero-order valence-corrected chi connectivity index (χ0v) is 14.5. The molecule has 0 bridgehead atoms. The maximum absolute atomic E-state index is 14.9. The first-order valence-electron chi connectivity index (χ1n) is 8.10. The summed E-state index contributed by atoms with van der Waals surface area (Å²) in [6.07, 6.45) is 4.67. The number of hydrogen-bond donors (Lipinski definition) is 1. The third kappa shape index (κ3) is 4.13. The van der Waals surface area contributed by atoms with Crippen LogP contribution in [0.3, 0.4) is 0 Å². The largest absolute Gasteiger partial charge is 0.356 e. The van der Waals surface area contributed by atoms with Gasteiger partial charge in [0.05, 0.1) is 6.54 Å². The molecule has 126 valence electrons. The lowest BCUT2D eigenvalue weighted by Gasteiger charge is -2.37. The number of aromatic nitrogens is 2. The fourth-order valence-corrected chi connectivity index (χ4v) is 3.25. The van der Waals surface area contributed by atoms with Gasteiger partial charge in [-0.25, -0.2) is 14.4 Å². The Balaban J connectivity index is 1.56. The number of carbonyl (C=O) groups is 1. The number of anilines is 1. The minimum absolute atomic E-state index is 0.0143. The first kappa shape index (κ1) is 16.5. The maximum Gasteiger partial charge on any atom is 0.223 e. The molecule has 2 heterocycles. The molecule has 2 aliphatic rings. The van der Waals surface area contributed by atoms with Crippen LogP contribution in [0.4, 0.5) is 10.2 Å². The van der Waals surface area contributed by atoms with Crippen LogP contribution in [0, 0.1) is 12.8 Å². The van der Waals surface area contributed by atoms with Crippen molar-refractivity contribution in [1.29, 1.82) is 0 Å². The molecule has 0 unspecified atom stereocenters. The van der Waals surface area contributed by atoms with Gasteiger partial charge in [-0.15, -0.1) is 0 Å². The summed E-state index contributed by atoms with van der Waals surface area (Å²) in [5, 5.41) is 3.52. The van der Waals surface area contributed by atoms with Crippen molar-refractivity contribution in [2.75, 3.05) is 30.8 Å². The van der Waals surface area contributed by atoms with E-state index in [1.807, 2.05) is 19.2 Å². The number of halogens is 1. The van der Waals surface area contributed by atoms with Crippen LogP contribution in [-0.4, -0.2) is 47.4 Å². The van der Waals surface area contributed by atoms with Crippen molar-refractivity contribution in [3.05, 3.63) is 11.8 Å². The number of alkyl halides is 1. The summed E-state index contributed by atoms with van der Waals surface area (Å²) in [4.78, 5) is 22.6. The van der Waals surface area contributed by atoms with Crippen LogP contribution in [0.1, 0.15) is 31.4 Å². The molecular formula is C16H23FN4OS. The number of rotatable bonds is 5. The Morgan fingerprint density at radius 1 is 1.43 bits per heavy atom. The van der Waals surface area contributed by atoms with Gasteiger partial charge < -0.3 is 10.2 Å². The van der Waals surface area contributed by atoms with E-state index in [1.54, 1.807) is 0 Å². The Morgan fingerprint density at radius 3 is 2.74 bits per heavy atom. The number of thioether (sulfide) groups is 1. The Kier molecular flexibility index (Phi) is 4.75. The van der Waals surface area contributed by atoms with E-state index in [9.17, 15) is 9.18 Å². The number of nitrogens with one attached hydrogen (secondary N) is 1. The highest BCUT2D eigenvalue weighted by Gasteiger charge is 2.37. The average molecular weight is 338 g/mol. The van der Waals surface area contributed by atoms with Crippen LogP contribution >= 0.6 is 11.8 Å². The lowest BCUT2D eigenvalue weighted by molar-refractivity contribution is -0.123. The van der Waals surface area contributed by atoms with Crippen molar-refractivity contribution in [3.63, 3.8) is 0 Å². The van der Waals surface area contributed by atoms with Gasteiger partial charge in [0.15, 0.2) is 5.16 Å². The molecule has 3 rings (SSSR count). The number of hydrogen-bond acceptors (Lipinski definition) is 5. The van der Waals surface area contributed by atoms with Gasteiger partial charge in [-0.1, -0.05) is 11.8 Å². The molecule has 0 aromatic carbocycles. The van der Waals surface area contributed by atoms with Crippen LogP contribution in [0.2, 0.25) is 0 Å². The van der Waals surface area contributed by atoms with Gasteiger partial charge in [0, 0.05) is 43.6 Å². The number of amides is 1. The standard InChI is InChI=1S/C16H23FN4OS/c1-11-9-13(20-15(19-11)23-2)21-7-5-16(17,6-8-21)10-18-14(22)12-3-4-12/h9,12H,3-8,10H2,1-2H3,(H,18,22). The second-order valence-electron chi connectivity index (χ2n) is 6.48. The molecule has 7 heteroatoms. The molecule has 1 saturated carbocycles. The fourth-order valence-electron chi connectivity index (χ4n) is 2.83. The summed E-state index contributed by atoms with van der Waals surface area (Å²) < 4.78 is 14.9. The van der Waals surface area contributed by atoms with Gasteiger partial charge in [-0.05, 0) is 26.0 Å². The highest BCUT2D eigenvalue weighted by Crippen LogP contribution is 2.31. The van der Waals surface area contributed by atoms with Crippen molar-refractivity contribution < 1.29 is 9.18 Å². The summed E-state index contributed by atoms with van der Waals surface area (Å²) in [7, 11) is 0. The molecule has 1 aliphatic heterocycles. The normalized spacial score (nSPS) is 20.4. The Hall–Kier alpha value is -1.37. The van der Waals surface area contributed by atoms with E-state index in [2.05, 4.69) is 20.2 Å². The summed E-state index contributed by atoms with van der Waals surface area (Å²) in [6, 6.07) is 1.94. The number of piperidine rings is 1. The van der Waals surface area contributed by atoms with Gasteiger partial charge in [-0.3, -0.25) is 4.79 Å². The lowest BCUT2D eigenvalue weighted by Crippen LogP contribution is -2.48. The van der Waals surface area contributed by atoms with Crippen molar-refractivity contribution in [2.24, 2.45) is 5.92 Å². The molecule has 1 N–H and O–H groups in total. The highest BCUT2D eigenvalue weighted by atomic mass is 32.2. The van der Waals surface area contributed by atoms with Gasteiger partial charge >= 0.3 is 0 Å². The molecule has 1 aliphatic carbocycles. The van der Waals surface area contributed by atoms with Crippen LogP contribution in [0.25, 0.3) is 0 Å². The van der Waals surface area contributed by atoms with E-state index in [0.717, 1.165) is 29.5 Å². The van der Waals surface area contributed by atoms with Crippen LogP contribution in [0.5, 0.6) is 0 Å². The summed E-state index contributed by atoms with van der Waals surface area (Å²) in [6.45, 7) is 3.30. The molecule has 1 aromatic rings. The van der Waals surface area contributed by atoms with E-state index in [-0.39, 0.29) is 18.4 Å². The van der Waals surface area contributed by atoms with E-state index >= 15 is 0 Å². The van der Waals surface area contributed by atoms with Crippen LogP contribution in [-0.2, 0) is 4.79 Å². The molecule has 5 nitrogen and oxygen atoms in total. The predicted molar refractivity (Wildman–Crippen MR) is 89.6 cm³/mol. The zero-order chi connectivity index (χ0) is 16.4. The first-order chi connectivity index (χ1) is 11.0. The second kappa shape index (κ2) is 6.63. The molecular weight excluding hydrogens is 315 g/mol. The zero-order valence-electron chi connectivity index (χ0n) is 13.6. The van der Waals surface area contributed by atoms with Gasteiger partial charge in [0.1, 0.15) is 11.5 Å². The van der Waals surface area contributed by atoms with Crippen LogP contribution in [0.15, 0.2) is 11.2 Å². The molecule has 23 heavy (non-hydrogen) atoms.